The van der Waals surface area contributed by atoms with Crippen LogP contribution in [0, 0.1) is 10.1 Å². The number of hydrogen-bond acceptors (Lipinski definition) is 8. The molecule has 3 aromatic rings. The molecule has 1 aliphatic rings. The Hall–Kier alpha value is -3.51. The maximum Gasteiger partial charge on any atom is 0.420 e. The molecule has 0 amide bonds. The van der Waals surface area contributed by atoms with Crippen molar-refractivity contribution < 1.29 is 27.3 Å². The zero-order valence-electron chi connectivity index (χ0n) is 17.0. The van der Waals surface area contributed by atoms with Crippen LogP contribution in [0.15, 0.2) is 50.5 Å². The van der Waals surface area contributed by atoms with Gasteiger partial charge in [-0.15, -0.1) is 0 Å². The van der Waals surface area contributed by atoms with Gasteiger partial charge in [0.1, 0.15) is 0 Å². The predicted octanol–water partition coefficient (Wildman–Crippen LogP) is 2.18. The van der Waals surface area contributed by atoms with Gasteiger partial charge in [0.25, 0.3) is 0 Å². The summed E-state index contributed by atoms with van der Waals surface area (Å²) >= 11 is 0. The van der Waals surface area contributed by atoms with E-state index in [-0.39, 0.29) is 33.0 Å². The summed E-state index contributed by atoms with van der Waals surface area (Å²) in [6, 6.07) is 7.79. The van der Waals surface area contributed by atoms with E-state index in [9.17, 15) is 28.1 Å². The van der Waals surface area contributed by atoms with Gasteiger partial charge < -0.3 is 9.15 Å². The smallest absolute Gasteiger partial charge is 0.420 e. The molecule has 168 valence electrons. The minimum atomic E-state index is -3.70. The first-order chi connectivity index (χ1) is 15.2. The maximum atomic E-state index is 12.8. The van der Waals surface area contributed by atoms with Crippen molar-refractivity contribution in [3.63, 3.8) is 0 Å². The predicted molar refractivity (Wildman–Crippen MR) is 112 cm³/mol. The van der Waals surface area contributed by atoms with Crippen LogP contribution in [-0.4, -0.2) is 48.2 Å². The van der Waals surface area contributed by atoms with Gasteiger partial charge in [0, 0.05) is 30.8 Å². The largest absolute Gasteiger partial charge is 0.490 e. The number of nitro benzene ring substituents is 1. The highest BCUT2D eigenvalue weighted by Gasteiger charge is 2.28. The van der Waals surface area contributed by atoms with E-state index < -0.39 is 33.0 Å². The number of aromatic nitrogens is 1. The number of sulfonamides is 1. The molecule has 2 aromatic carbocycles. The summed E-state index contributed by atoms with van der Waals surface area (Å²) in [5, 5.41) is 11.2. The number of oxazole rings is 1. The fraction of sp³-hybridized carbons (Fsp3) is 0.300. The summed E-state index contributed by atoms with van der Waals surface area (Å²) < 4.78 is 38.0. The molecular formula is C20H19N3O8S. The molecule has 0 spiro atoms. The summed E-state index contributed by atoms with van der Waals surface area (Å²) in [5.74, 6) is -1.40. The van der Waals surface area contributed by atoms with Gasteiger partial charge in [-0.2, -0.15) is 4.31 Å². The van der Waals surface area contributed by atoms with Gasteiger partial charge in [-0.25, -0.2) is 13.2 Å². The number of nitrogens with zero attached hydrogens (tertiary/aromatic N) is 3. The third kappa shape index (κ3) is 3.78. The molecule has 0 unspecified atom stereocenters. The normalized spacial score (nSPS) is 14.7. The van der Waals surface area contributed by atoms with Gasteiger partial charge in [-0.3, -0.25) is 19.5 Å². The summed E-state index contributed by atoms with van der Waals surface area (Å²) in [7, 11) is -2.42. The van der Waals surface area contributed by atoms with Crippen LogP contribution in [0.4, 0.5) is 5.69 Å². The van der Waals surface area contributed by atoms with Crippen molar-refractivity contribution in [1.82, 2.24) is 8.87 Å². The number of methoxy groups -OCH3 is 1. The Labute approximate surface area is 182 Å². The van der Waals surface area contributed by atoms with Gasteiger partial charge >= 0.3 is 11.4 Å². The van der Waals surface area contributed by atoms with Crippen molar-refractivity contribution in [1.29, 1.82) is 0 Å². The van der Waals surface area contributed by atoms with Crippen molar-refractivity contribution in [2.75, 3.05) is 20.2 Å². The van der Waals surface area contributed by atoms with E-state index in [1.165, 1.54) is 41.7 Å². The van der Waals surface area contributed by atoms with Crippen molar-refractivity contribution >= 4 is 32.6 Å². The van der Waals surface area contributed by atoms with Gasteiger partial charge in [-0.05, 0) is 37.1 Å². The van der Waals surface area contributed by atoms with Crippen LogP contribution in [-0.2, 0) is 16.6 Å². The Morgan fingerprint density at radius 1 is 1.19 bits per heavy atom. The molecule has 0 bridgehead atoms. The second-order valence-electron chi connectivity index (χ2n) is 7.26. The molecule has 2 heterocycles. The number of carbonyl (C=O) groups is 1. The molecule has 1 aliphatic heterocycles. The third-order valence-corrected chi connectivity index (χ3v) is 7.24. The molecule has 0 aliphatic carbocycles. The van der Waals surface area contributed by atoms with E-state index in [1.54, 1.807) is 0 Å². The van der Waals surface area contributed by atoms with E-state index in [0.717, 1.165) is 23.5 Å². The highest BCUT2D eigenvalue weighted by atomic mass is 32.2. The van der Waals surface area contributed by atoms with Crippen molar-refractivity contribution in [2.24, 2.45) is 0 Å². The van der Waals surface area contributed by atoms with E-state index in [4.69, 9.17) is 9.15 Å². The molecule has 0 radical (unpaired) electrons. The van der Waals surface area contributed by atoms with Crippen LogP contribution >= 0.6 is 0 Å². The van der Waals surface area contributed by atoms with Crippen LogP contribution in [0.1, 0.15) is 23.2 Å². The summed E-state index contributed by atoms with van der Waals surface area (Å²) in [4.78, 5) is 35.6. The number of benzene rings is 2. The number of nitro groups is 1. The molecule has 12 heteroatoms. The topological polar surface area (TPSA) is 142 Å². The van der Waals surface area contributed by atoms with Gasteiger partial charge in [0.2, 0.25) is 10.0 Å². The second kappa shape index (κ2) is 8.20. The Morgan fingerprint density at radius 3 is 2.56 bits per heavy atom. The second-order valence-corrected chi connectivity index (χ2v) is 9.20. The number of ether oxygens (including phenoxy) is 1. The summed E-state index contributed by atoms with van der Waals surface area (Å²) in [6.45, 7) is 0.440. The summed E-state index contributed by atoms with van der Waals surface area (Å²) in [6.07, 6.45) is 1.58. The first kappa shape index (κ1) is 21.7. The molecule has 0 atom stereocenters. The first-order valence-electron chi connectivity index (χ1n) is 9.71. The van der Waals surface area contributed by atoms with Crippen molar-refractivity contribution in [3.05, 3.63) is 62.6 Å². The standard InChI is InChI=1S/C20H19N3O8S/c1-30-18-7-4-13(10-16(18)23(26)27)17(24)12-22-15-6-5-14(11-19(15)31-20(22)25)32(28,29)21-8-2-3-9-21/h4-7,10-11H,2-3,8-9,12H2,1H3. The minimum Gasteiger partial charge on any atom is -0.490 e. The minimum absolute atomic E-state index is 0.00391. The lowest BCUT2D eigenvalue weighted by Gasteiger charge is -2.15. The number of carbonyl (C=O) groups excluding carboxylic acids is 1. The number of rotatable bonds is 7. The van der Waals surface area contributed by atoms with Crippen LogP contribution in [0.25, 0.3) is 11.1 Å². The number of Topliss-reactive ketones (excluding diaryl/α,β-unsaturated/α-hetero) is 1. The van der Waals surface area contributed by atoms with Gasteiger partial charge in [0.05, 0.1) is 29.0 Å². The summed E-state index contributed by atoms with van der Waals surface area (Å²) in [5.41, 5.74) is -0.0815. The van der Waals surface area contributed by atoms with E-state index in [1.807, 2.05) is 0 Å². The van der Waals surface area contributed by atoms with Crippen molar-refractivity contribution in [3.8, 4) is 5.75 Å². The van der Waals surface area contributed by atoms with E-state index in [2.05, 4.69) is 0 Å². The monoisotopic (exact) mass is 461 g/mol. The molecule has 32 heavy (non-hydrogen) atoms. The van der Waals surface area contributed by atoms with Gasteiger partial charge in [-0.1, -0.05) is 0 Å². The lowest BCUT2D eigenvalue weighted by molar-refractivity contribution is -0.385. The van der Waals surface area contributed by atoms with Crippen molar-refractivity contribution in [2.45, 2.75) is 24.3 Å². The molecule has 1 saturated heterocycles. The average Bonchev–Trinajstić information content (AvgIpc) is 3.42. The highest BCUT2D eigenvalue weighted by Crippen LogP contribution is 2.28. The van der Waals surface area contributed by atoms with Crippen LogP contribution in [0.5, 0.6) is 5.75 Å². The molecule has 1 aromatic heterocycles. The highest BCUT2D eigenvalue weighted by molar-refractivity contribution is 7.89. The van der Waals surface area contributed by atoms with Gasteiger partial charge in [0.15, 0.2) is 17.1 Å². The van der Waals surface area contributed by atoms with E-state index in [0.29, 0.717) is 13.1 Å². The lowest BCUT2D eigenvalue weighted by atomic mass is 10.1. The van der Waals surface area contributed by atoms with Crippen LogP contribution in [0.2, 0.25) is 0 Å². The van der Waals surface area contributed by atoms with Crippen LogP contribution in [0.3, 0.4) is 0 Å². The molecule has 0 saturated carbocycles. The molecular weight excluding hydrogens is 442 g/mol. The maximum absolute atomic E-state index is 12.8. The lowest BCUT2D eigenvalue weighted by Crippen LogP contribution is -2.27. The zero-order chi connectivity index (χ0) is 23.0. The number of hydrogen-bond donors (Lipinski definition) is 0. The van der Waals surface area contributed by atoms with Crippen LogP contribution < -0.4 is 10.5 Å². The number of fused-ring (bicyclic) bond motifs is 1. The fourth-order valence-corrected chi connectivity index (χ4v) is 5.21. The zero-order valence-corrected chi connectivity index (χ0v) is 17.8. The average molecular weight is 461 g/mol. The molecule has 11 nitrogen and oxygen atoms in total. The molecule has 0 N–H and O–H groups in total. The Balaban J connectivity index is 1.66. The Kier molecular flexibility index (Phi) is 5.57. The Bertz CT molecular complexity index is 1380. The first-order valence-corrected chi connectivity index (χ1v) is 11.2. The molecule has 4 rings (SSSR count). The quantitative estimate of drug-likeness (QED) is 0.296. The third-order valence-electron chi connectivity index (χ3n) is 5.34. The van der Waals surface area contributed by atoms with E-state index >= 15 is 0 Å². The Morgan fingerprint density at radius 2 is 1.91 bits per heavy atom. The SMILES string of the molecule is COc1ccc(C(=O)Cn2c(=O)oc3cc(S(=O)(=O)N4CCCC4)ccc32)cc1[N+](=O)[O-]. The fourth-order valence-electron chi connectivity index (χ4n) is 3.68. The molecule has 1 fully saturated rings. The number of ketones is 1.